The molecule has 2 aromatic rings. The Balaban J connectivity index is 2.15. The second-order valence-electron chi connectivity index (χ2n) is 4.06. The SMILES string of the molecule is O=C(Nc1cc(C(=O)O)ccc1F)Nc1ccccc1I. The van der Waals surface area contributed by atoms with Crippen LogP contribution in [0, 0.1) is 9.39 Å². The molecule has 0 aliphatic carbocycles. The first-order valence-electron chi connectivity index (χ1n) is 5.83. The zero-order valence-corrected chi connectivity index (χ0v) is 12.7. The molecule has 5 nitrogen and oxygen atoms in total. The highest BCUT2D eigenvalue weighted by atomic mass is 127. The minimum Gasteiger partial charge on any atom is -0.478 e. The average Bonchev–Trinajstić information content (AvgIpc) is 2.43. The van der Waals surface area contributed by atoms with Crippen LogP contribution in [0.4, 0.5) is 20.6 Å². The Labute approximate surface area is 133 Å². The Morgan fingerprint density at radius 2 is 1.71 bits per heavy atom. The van der Waals surface area contributed by atoms with E-state index >= 15 is 0 Å². The number of anilines is 2. The average molecular weight is 400 g/mol. The maximum atomic E-state index is 13.6. The number of nitrogens with one attached hydrogen (secondary N) is 2. The molecule has 0 heterocycles. The minimum atomic E-state index is -1.20. The predicted octanol–water partition coefficient (Wildman–Crippen LogP) is 3.77. The van der Waals surface area contributed by atoms with Crippen LogP contribution in [0.15, 0.2) is 42.5 Å². The number of carboxylic acid groups (broad SMARTS) is 1. The third-order valence-electron chi connectivity index (χ3n) is 2.58. The first-order valence-corrected chi connectivity index (χ1v) is 6.90. The highest BCUT2D eigenvalue weighted by Gasteiger charge is 2.11. The molecule has 21 heavy (non-hydrogen) atoms. The number of halogens is 2. The molecule has 0 saturated carbocycles. The highest BCUT2D eigenvalue weighted by molar-refractivity contribution is 14.1. The molecule has 0 fully saturated rings. The van der Waals surface area contributed by atoms with E-state index in [0.29, 0.717) is 5.69 Å². The van der Waals surface area contributed by atoms with E-state index < -0.39 is 17.8 Å². The van der Waals surface area contributed by atoms with E-state index in [0.717, 1.165) is 21.8 Å². The number of benzene rings is 2. The number of hydrogen-bond acceptors (Lipinski definition) is 2. The number of aromatic carboxylic acids is 1. The van der Waals surface area contributed by atoms with Gasteiger partial charge >= 0.3 is 12.0 Å². The fraction of sp³-hybridized carbons (Fsp3) is 0. The van der Waals surface area contributed by atoms with Crippen molar-refractivity contribution in [1.29, 1.82) is 0 Å². The van der Waals surface area contributed by atoms with E-state index in [1.54, 1.807) is 12.1 Å². The quantitative estimate of drug-likeness (QED) is 0.687. The summed E-state index contributed by atoms with van der Waals surface area (Å²) >= 11 is 2.05. The van der Waals surface area contributed by atoms with E-state index in [4.69, 9.17) is 5.11 Å². The van der Waals surface area contributed by atoms with Gasteiger partial charge in [-0.15, -0.1) is 0 Å². The molecule has 0 aromatic heterocycles. The molecule has 0 saturated heterocycles. The van der Waals surface area contributed by atoms with Crippen LogP contribution in [0.3, 0.4) is 0 Å². The van der Waals surface area contributed by atoms with Crippen LogP contribution in [0.25, 0.3) is 0 Å². The van der Waals surface area contributed by atoms with Gasteiger partial charge in [-0.1, -0.05) is 12.1 Å². The Hall–Kier alpha value is -2.16. The molecule has 0 aliphatic heterocycles. The van der Waals surface area contributed by atoms with Gasteiger partial charge in [0.15, 0.2) is 0 Å². The van der Waals surface area contributed by atoms with Crippen molar-refractivity contribution in [3.05, 3.63) is 57.4 Å². The Bertz CT molecular complexity index is 706. The van der Waals surface area contributed by atoms with Gasteiger partial charge in [0, 0.05) is 3.57 Å². The van der Waals surface area contributed by atoms with E-state index in [1.807, 2.05) is 12.1 Å². The van der Waals surface area contributed by atoms with Crippen LogP contribution >= 0.6 is 22.6 Å². The topological polar surface area (TPSA) is 78.4 Å². The van der Waals surface area contributed by atoms with Crippen LogP contribution in [0.5, 0.6) is 0 Å². The summed E-state index contributed by atoms with van der Waals surface area (Å²) in [6.45, 7) is 0. The molecule has 3 N–H and O–H groups in total. The molecule has 0 aliphatic rings. The van der Waals surface area contributed by atoms with Gasteiger partial charge in [0.05, 0.1) is 16.9 Å². The largest absolute Gasteiger partial charge is 0.478 e. The lowest BCUT2D eigenvalue weighted by Gasteiger charge is -2.10. The summed E-state index contributed by atoms with van der Waals surface area (Å²) in [5.74, 6) is -1.91. The number of amides is 2. The second-order valence-corrected chi connectivity index (χ2v) is 5.22. The van der Waals surface area contributed by atoms with Gasteiger partial charge in [0.1, 0.15) is 5.82 Å². The monoisotopic (exact) mass is 400 g/mol. The lowest BCUT2D eigenvalue weighted by molar-refractivity contribution is 0.0697. The number of carbonyl (C=O) groups excluding carboxylic acids is 1. The lowest BCUT2D eigenvalue weighted by atomic mass is 10.2. The van der Waals surface area contributed by atoms with Crippen LogP contribution in [0.2, 0.25) is 0 Å². The zero-order chi connectivity index (χ0) is 15.4. The van der Waals surface area contributed by atoms with Crippen molar-refractivity contribution < 1.29 is 19.1 Å². The van der Waals surface area contributed by atoms with Gasteiger partial charge in [0.2, 0.25) is 0 Å². The first kappa shape index (κ1) is 15.2. The number of para-hydroxylation sites is 1. The van der Waals surface area contributed by atoms with Crippen LogP contribution in [-0.2, 0) is 0 Å². The molecule has 0 atom stereocenters. The summed E-state index contributed by atoms with van der Waals surface area (Å²) in [4.78, 5) is 22.7. The van der Waals surface area contributed by atoms with Crippen LogP contribution in [-0.4, -0.2) is 17.1 Å². The van der Waals surface area contributed by atoms with Crippen LogP contribution in [0.1, 0.15) is 10.4 Å². The van der Waals surface area contributed by atoms with Gasteiger partial charge in [-0.25, -0.2) is 14.0 Å². The molecule has 7 heteroatoms. The van der Waals surface area contributed by atoms with Crippen molar-refractivity contribution >= 4 is 46.0 Å². The fourth-order valence-electron chi connectivity index (χ4n) is 1.59. The number of hydrogen-bond donors (Lipinski definition) is 3. The van der Waals surface area contributed by atoms with Gasteiger partial charge in [-0.2, -0.15) is 0 Å². The van der Waals surface area contributed by atoms with Crippen molar-refractivity contribution in [2.75, 3.05) is 10.6 Å². The van der Waals surface area contributed by atoms with Crippen molar-refractivity contribution in [2.24, 2.45) is 0 Å². The van der Waals surface area contributed by atoms with Gasteiger partial charge in [-0.05, 0) is 52.9 Å². The molecular formula is C14H10FIN2O3. The fourth-order valence-corrected chi connectivity index (χ4v) is 2.11. The third-order valence-corrected chi connectivity index (χ3v) is 3.52. The van der Waals surface area contributed by atoms with E-state index in [-0.39, 0.29) is 11.3 Å². The number of carbonyl (C=O) groups is 2. The molecule has 0 bridgehead atoms. The standard InChI is InChI=1S/C14H10FIN2O3/c15-9-6-5-8(13(19)20)7-12(9)18-14(21)17-11-4-2-1-3-10(11)16/h1-7H,(H,19,20)(H2,17,18,21). The summed E-state index contributed by atoms with van der Waals surface area (Å²) in [7, 11) is 0. The maximum Gasteiger partial charge on any atom is 0.335 e. The Morgan fingerprint density at radius 3 is 2.38 bits per heavy atom. The summed E-state index contributed by atoms with van der Waals surface area (Å²) in [6, 6.07) is 9.61. The lowest BCUT2D eigenvalue weighted by Crippen LogP contribution is -2.21. The van der Waals surface area contributed by atoms with Crippen molar-refractivity contribution in [3.63, 3.8) is 0 Å². The zero-order valence-electron chi connectivity index (χ0n) is 10.6. The molecule has 0 unspecified atom stereocenters. The van der Waals surface area contributed by atoms with E-state index in [9.17, 15) is 14.0 Å². The van der Waals surface area contributed by atoms with Gasteiger partial charge in [0.25, 0.3) is 0 Å². The summed E-state index contributed by atoms with van der Waals surface area (Å²) in [5.41, 5.74) is 0.268. The second kappa shape index (κ2) is 6.53. The molecular weight excluding hydrogens is 390 g/mol. The molecule has 0 spiro atoms. The smallest absolute Gasteiger partial charge is 0.335 e. The maximum absolute atomic E-state index is 13.6. The van der Waals surface area contributed by atoms with Crippen molar-refractivity contribution in [2.45, 2.75) is 0 Å². The Kier molecular flexibility index (Phi) is 4.73. The van der Waals surface area contributed by atoms with Crippen molar-refractivity contribution in [3.8, 4) is 0 Å². The van der Waals surface area contributed by atoms with E-state index in [2.05, 4.69) is 33.2 Å². The Morgan fingerprint density at radius 1 is 1.05 bits per heavy atom. The third kappa shape index (κ3) is 3.91. The molecule has 2 aromatic carbocycles. The summed E-state index contributed by atoms with van der Waals surface area (Å²) in [6.07, 6.45) is 0. The molecule has 0 radical (unpaired) electrons. The number of carboxylic acids is 1. The number of urea groups is 1. The normalized spacial score (nSPS) is 10.0. The highest BCUT2D eigenvalue weighted by Crippen LogP contribution is 2.19. The predicted molar refractivity (Wildman–Crippen MR) is 85.2 cm³/mol. The minimum absolute atomic E-state index is 0.110. The molecule has 108 valence electrons. The number of rotatable bonds is 3. The van der Waals surface area contributed by atoms with Gasteiger partial charge in [-0.3, -0.25) is 0 Å². The summed E-state index contributed by atoms with van der Waals surface area (Å²) < 4.78 is 14.4. The first-order chi connectivity index (χ1) is 9.97. The van der Waals surface area contributed by atoms with Crippen molar-refractivity contribution in [1.82, 2.24) is 0 Å². The summed E-state index contributed by atoms with van der Waals surface area (Å²) in [5, 5.41) is 13.7. The van der Waals surface area contributed by atoms with Gasteiger partial charge < -0.3 is 15.7 Å². The molecule has 2 rings (SSSR count). The molecule has 2 amide bonds. The van der Waals surface area contributed by atoms with E-state index in [1.165, 1.54) is 0 Å². The van der Waals surface area contributed by atoms with Crippen LogP contribution < -0.4 is 10.6 Å².